The molecule has 0 amide bonds. The summed E-state index contributed by atoms with van der Waals surface area (Å²) >= 11 is 0. The Balaban J connectivity index is 1.73. The average Bonchev–Trinajstić information content (AvgIpc) is 3.20. The zero-order valence-corrected chi connectivity index (χ0v) is 15.6. The van der Waals surface area contributed by atoms with Gasteiger partial charge in [0.1, 0.15) is 28.1 Å². The minimum Gasteiger partial charge on any atom is -0.507 e. The highest BCUT2D eigenvalue weighted by Crippen LogP contribution is 2.44. The van der Waals surface area contributed by atoms with Crippen molar-refractivity contribution in [2.75, 3.05) is 0 Å². The Hall–Kier alpha value is -2.99. The average molecular weight is 380 g/mol. The van der Waals surface area contributed by atoms with Crippen molar-refractivity contribution < 1.29 is 24.1 Å². The lowest BCUT2D eigenvalue weighted by molar-refractivity contribution is -0.00476. The van der Waals surface area contributed by atoms with E-state index in [1.807, 2.05) is 6.08 Å². The van der Waals surface area contributed by atoms with Crippen molar-refractivity contribution in [3.63, 3.8) is 0 Å². The fourth-order valence-corrected chi connectivity index (χ4v) is 3.90. The van der Waals surface area contributed by atoms with Crippen LogP contribution in [0.15, 0.2) is 45.8 Å². The van der Waals surface area contributed by atoms with Gasteiger partial charge in [0.05, 0.1) is 23.2 Å². The molecule has 0 aliphatic carbocycles. The molecule has 0 radical (unpaired) electrons. The smallest absolute Gasteiger partial charge is 0.250 e. The second kappa shape index (κ2) is 5.75. The van der Waals surface area contributed by atoms with Crippen LogP contribution >= 0.6 is 0 Å². The third-order valence-corrected chi connectivity index (χ3v) is 5.41. The Morgan fingerprint density at radius 3 is 2.82 bits per heavy atom. The summed E-state index contributed by atoms with van der Waals surface area (Å²) < 4.78 is 17.3. The van der Waals surface area contributed by atoms with Gasteiger partial charge in [0, 0.05) is 11.6 Å². The maximum Gasteiger partial charge on any atom is 0.250 e. The molecule has 144 valence electrons. The number of aliphatic hydroxyl groups is 1. The molecule has 0 saturated carbocycles. The summed E-state index contributed by atoms with van der Waals surface area (Å²) in [6, 6.07) is 6.71. The summed E-state index contributed by atoms with van der Waals surface area (Å²) in [5.41, 5.74) is 1.25. The van der Waals surface area contributed by atoms with E-state index in [1.54, 1.807) is 38.3 Å². The van der Waals surface area contributed by atoms with Gasteiger partial charge in [0.15, 0.2) is 0 Å². The van der Waals surface area contributed by atoms with Gasteiger partial charge < -0.3 is 24.1 Å². The van der Waals surface area contributed by atoms with E-state index >= 15 is 0 Å². The number of hydrogen-bond acceptors (Lipinski definition) is 6. The van der Waals surface area contributed by atoms with Gasteiger partial charge in [0.2, 0.25) is 5.43 Å². The SMILES string of the molecule is CC(C)(O)CCc1ccc(O)c2c(=O)c3cc4c(cc3oc12)OC1OC=CC41. The van der Waals surface area contributed by atoms with Crippen LogP contribution in [0.25, 0.3) is 21.9 Å². The highest BCUT2D eigenvalue weighted by Gasteiger charge is 2.37. The number of hydrogen-bond donors (Lipinski definition) is 2. The van der Waals surface area contributed by atoms with Crippen LogP contribution in [-0.2, 0) is 11.2 Å². The van der Waals surface area contributed by atoms with E-state index in [2.05, 4.69) is 0 Å². The van der Waals surface area contributed by atoms with Gasteiger partial charge in [0.25, 0.3) is 6.29 Å². The summed E-state index contributed by atoms with van der Waals surface area (Å²) in [7, 11) is 0. The Kier molecular flexibility index (Phi) is 3.52. The first-order chi connectivity index (χ1) is 13.3. The fraction of sp³-hybridized carbons (Fsp3) is 0.318. The number of benzene rings is 2. The number of rotatable bonds is 3. The number of aromatic hydroxyl groups is 1. The molecule has 5 rings (SSSR count). The number of aryl methyl sites for hydroxylation is 1. The first-order valence-corrected chi connectivity index (χ1v) is 9.28. The van der Waals surface area contributed by atoms with E-state index < -0.39 is 11.9 Å². The summed E-state index contributed by atoms with van der Waals surface area (Å²) in [6.07, 6.45) is 4.10. The summed E-state index contributed by atoms with van der Waals surface area (Å²) in [5, 5.41) is 20.9. The van der Waals surface area contributed by atoms with E-state index in [-0.39, 0.29) is 22.5 Å². The normalized spacial score (nSPS) is 20.2. The van der Waals surface area contributed by atoms with Gasteiger partial charge >= 0.3 is 0 Å². The van der Waals surface area contributed by atoms with Gasteiger partial charge in [-0.05, 0) is 50.5 Å². The summed E-state index contributed by atoms with van der Waals surface area (Å²) in [5.74, 6) is 0.463. The van der Waals surface area contributed by atoms with Crippen molar-refractivity contribution >= 4 is 21.9 Å². The second-order valence-corrected chi connectivity index (χ2v) is 8.05. The highest BCUT2D eigenvalue weighted by molar-refractivity contribution is 5.95. The van der Waals surface area contributed by atoms with Crippen molar-refractivity contribution in [3.8, 4) is 11.5 Å². The summed E-state index contributed by atoms with van der Waals surface area (Å²) in [6.45, 7) is 3.46. The zero-order valence-electron chi connectivity index (χ0n) is 15.6. The fourth-order valence-electron chi connectivity index (χ4n) is 3.90. The molecule has 0 saturated heterocycles. The zero-order chi connectivity index (χ0) is 19.6. The molecule has 2 aliphatic rings. The van der Waals surface area contributed by atoms with Crippen LogP contribution in [0.3, 0.4) is 0 Å². The first-order valence-electron chi connectivity index (χ1n) is 9.28. The molecule has 0 spiro atoms. The molecule has 1 aromatic heterocycles. The minimum absolute atomic E-state index is 0.0544. The van der Waals surface area contributed by atoms with E-state index in [0.717, 1.165) is 11.1 Å². The van der Waals surface area contributed by atoms with Gasteiger partial charge in [-0.25, -0.2) is 0 Å². The maximum absolute atomic E-state index is 13.2. The van der Waals surface area contributed by atoms with Crippen molar-refractivity contribution in [2.24, 2.45) is 0 Å². The highest BCUT2D eigenvalue weighted by atomic mass is 16.7. The lowest BCUT2D eigenvalue weighted by Crippen LogP contribution is -2.19. The van der Waals surface area contributed by atoms with E-state index in [1.165, 1.54) is 6.07 Å². The molecule has 2 N–H and O–H groups in total. The molecule has 2 atom stereocenters. The molecule has 0 bridgehead atoms. The second-order valence-electron chi connectivity index (χ2n) is 8.05. The topological polar surface area (TPSA) is 89.1 Å². The van der Waals surface area contributed by atoms with Crippen molar-refractivity contribution in [2.45, 2.75) is 44.5 Å². The van der Waals surface area contributed by atoms with Crippen molar-refractivity contribution in [1.29, 1.82) is 0 Å². The predicted molar refractivity (Wildman–Crippen MR) is 104 cm³/mol. The number of phenols is 1. The predicted octanol–water partition coefficient (Wildman–Crippen LogP) is 3.70. The molecule has 2 aromatic carbocycles. The molecular formula is C22H20O6. The molecule has 3 aromatic rings. The van der Waals surface area contributed by atoms with Crippen LogP contribution in [-0.4, -0.2) is 22.1 Å². The molecular weight excluding hydrogens is 360 g/mol. The lowest BCUT2D eigenvalue weighted by Gasteiger charge is -2.17. The number of phenolic OH excluding ortho intramolecular Hbond substituents is 1. The van der Waals surface area contributed by atoms with Gasteiger partial charge in [-0.15, -0.1) is 0 Å². The van der Waals surface area contributed by atoms with E-state index in [4.69, 9.17) is 13.9 Å². The van der Waals surface area contributed by atoms with Crippen LogP contribution in [0.4, 0.5) is 0 Å². The Morgan fingerprint density at radius 1 is 1.21 bits per heavy atom. The van der Waals surface area contributed by atoms with E-state index in [9.17, 15) is 15.0 Å². The van der Waals surface area contributed by atoms with E-state index in [0.29, 0.717) is 35.1 Å². The molecule has 6 nitrogen and oxygen atoms in total. The Bertz CT molecular complexity index is 1200. The quantitative estimate of drug-likeness (QED) is 0.674. The molecule has 2 unspecified atom stereocenters. The Morgan fingerprint density at radius 2 is 2.04 bits per heavy atom. The number of fused-ring (bicyclic) bond motifs is 5. The third kappa shape index (κ3) is 2.56. The lowest BCUT2D eigenvalue weighted by atomic mass is 9.96. The monoisotopic (exact) mass is 380 g/mol. The van der Waals surface area contributed by atoms with Crippen LogP contribution in [0.1, 0.15) is 37.3 Å². The van der Waals surface area contributed by atoms with Crippen LogP contribution in [0, 0.1) is 0 Å². The number of ether oxygens (including phenoxy) is 2. The molecule has 0 fully saturated rings. The van der Waals surface area contributed by atoms with Gasteiger partial charge in [-0.3, -0.25) is 4.79 Å². The van der Waals surface area contributed by atoms with Crippen molar-refractivity contribution in [1.82, 2.24) is 0 Å². The minimum atomic E-state index is -0.846. The molecule has 28 heavy (non-hydrogen) atoms. The molecule has 2 aliphatic heterocycles. The van der Waals surface area contributed by atoms with Crippen LogP contribution in [0.5, 0.6) is 11.5 Å². The standard InChI is InChI=1S/C22H20O6/c1-22(2,25)7-5-11-3-4-15(23)18-19(24)14-9-13-12-6-8-26-21(12)28-16(13)10-17(14)27-20(11)18/h3-4,6,8-10,12,21,23,25H,5,7H2,1-2H3. The maximum atomic E-state index is 13.2. The Labute approximate surface area is 160 Å². The molecule has 3 heterocycles. The van der Waals surface area contributed by atoms with Gasteiger partial charge in [-0.2, -0.15) is 0 Å². The van der Waals surface area contributed by atoms with Crippen LogP contribution < -0.4 is 10.2 Å². The van der Waals surface area contributed by atoms with Gasteiger partial charge in [-0.1, -0.05) is 6.07 Å². The summed E-state index contributed by atoms with van der Waals surface area (Å²) in [4.78, 5) is 13.2. The third-order valence-electron chi connectivity index (χ3n) is 5.41. The first kappa shape index (κ1) is 17.1. The largest absolute Gasteiger partial charge is 0.507 e. The molecule has 6 heteroatoms. The van der Waals surface area contributed by atoms with Crippen LogP contribution in [0.2, 0.25) is 0 Å². The van der Waals surface area contributed by atoms with Crippen molar-refractivity contribution in [3.05, 3.63) is 58.0 Å².